The van der Waals surface area contributed by atoms with Crippen molar-refractivity contribution < 1.29 is 9.13 Å². The summed E-state index contributed by atoms with van der Waals surface area (Å²) in [6.07, 6.45) is -0.309. The van der Waals surface area contributed by atoms with E-state index in [1.807, 2.05) is 18.2 Å². The molecule has 0 saturated carbocycles. The third-order valence-electron chi connectivity index (χ3n) is 3.72. The first kappa shape index (κ1) is 14.5. The Morgan fingerprint density at radius 3 is 2.71 bits per heavy atom. The topological polar surface area (TPSA) is 12.5 Å². The number of rotatable bonds is 3. The third kappa shape index (κ3) is 3.43. The van der Waals surface area contributed by atoms with E-state index in [9.17, 15) is 4.39 Å². The molecule has 0 radical (unpaired) electrons. The molecular weight excluding hydrogens is 289 g/mol. The van der Waals surface area contributed by atoms with E-state index in [1.54, 1.807) is 12.1 Å². The van der Waals surface area contributed by atoms with Gasteiger partial charge in [-0.05, 0) is 17.7 Å². The molecule has 21 heavy (non-hydrogen) atoms. The number of hydrogen-bond acceptors (Lipinski definition) is 2. The van der Waals surface area contributed by atoms with Crippen molar-refractivity contribution >= 4 is 11.6 Å². The molecule has 0 bridgehead atoms. The summed E-state index contributed by atoms with van der Waals surface area (Å²) in [5.41, 5.74) is 1.72. The van der Waals surface area contributed by atoms with Gasteiger partial charge in [-0.1, -0.05) is 48.0 Å². The van der Waals surface area contributed by atoms with Crippen molar-refractivity contribution in [1.82, 2.24) is 4.90 Å². The summed E-state index contributed by atoms with van der Waals surface area (Å²) in [6, 6.07) is 15.0. The average Bonchev–Trinajstić information content (AvgIpc) is 2.48. The molecule has 2 nitrogen and oxygen atoms in total. The minimum atomic E-state index is -0.309. The number of ether oxygens (including phenoxy) is 1. The van der Waals surface area contributed by atoms with Crippen molar-refractivity contribution in [3.05, 3.63) is 70.5 Å². The fourth-order valence-corrected chi connectivity index (χ4v) is 2.97. The summed E-state index contributed by atoms with van der Waals surface area (Å²) in [5.74, 6) is -0.297. The molecule has 2 aromatic rings. The summed E-state index contributed by atoms with van der Waals surface area (Å²) in [6.45, 7) is 2.92. The molecule has 1 fully saturated rings. The quantitative estimate of drug-likeness (QED) is 0.848. The fraction of sp³-hybridized carbons (Fsp3) is 0.294. The molecule has 2 aromatic carbocycles. The van der Waals surface area contributed by atoms with Crippen LogP contribution in [0.3, 0.4) is 0 Å². The van der Waals surface area contributed by atoms with E-state index in [4.69, 9.17) is 16.3 Å². The summed E-state index contributed by atoms with van der Waals surface area (Å²) in [4.78, 5) is 2.27. The van der Waals surface area contributed by atoms with Crippen LogP contribution < -0.4 is 0 Å². The van der Waals surface area contributed by atoms with Gasteiger partial charge in [-0.3, -0.25) is 4.90 Å². The van der Waals surface area contributed by atoms with Gasteiger partial charge in [-0.15, -0.1) is 0 Å². The first-order valence-electron chi connectivity index (χ1n) is 7.06. The van der Waals surface area contributed by atoms with Crippen LogP contribution in [0.5, 0.6) is 0 Å². The standard InChI is InChI=1S/C17H17ClFNO/c18-14-7-4-8-15(19)17(14)16-12-20(9-10-21-16)11-13-5-2-1-3-6-13/h1-8,16H,9-12H2. The van der Waals surface area contributed by atoms with Gasteiger partial charge in [0, 0.05) is 30.2 Å². The zero-order chi connectivity index (χ0) is 14.7. The van der Waals surface area contributed by atoms with Crippen LogP contribution in [-0.4, -0.2) is 24.6 Å². The van der Waals surface area contributed by atoms with Gasteiger partial charge in [0.25, 0.3) is 0 Å². The highest BCUT2D eigenvalue weighted by molar-refractivity contribution is 6.31. The third-order valence-corrected chi connectivity index (χ3v) is 4.05. The molecule has 1 aliphatic rings. The molecule has 0 aromatic heterocycles. The molecular formula is C17H17ClFNO. The van der Waals surface area contributed by atoms with E-state index in [-0.39, 0.29) is 11.9 Å². The van der Waals surface area contributed by atoms with E-state index < -0.39 is 0 Å². The Morgan fingerprint density at radius 2 is 1.95 bits per heavy atom. The minimum absolute atomic E-state index is 0.297. The van der Waals surface area contributed by atoms with Crippen molar-refractivity contribution in [3.63, 3.8) is 0 Å². The smallest absolute Gasteiger partial charge is 0.130 e. The molecule has 1 unspecified atom stereocenters. The largest absolute Gasteiger partial charge is 0.371 e. The Morgan fingerprint density at radius 1 is 1.14 bits per heavy atom. The van der Waals surface area contributed by atoms with Crippen LogP contribution in [0.25, 0.3) is 0 Å². The Hall–Kier alpha value is -1.42. The van der Waals surface area contributed by atoms with Crippen molar-refractivity contribution in [2.24, 2.45) is 0 Å². The lowest BCUT2D eigenvalue weighted by atomic mass is 10.1. The summed E-state index contributed by atoms with van der Waals surface area (Å²) in [5, 5.41) is 0.432. The second-order valence-electron chi connectivity index (χ2n) is 5.22. The van der Waals surface area contributed by atoms with Gasteiger partial charge >= 0.3 is 0 Å². The Bertz CT molecular complexity index is 585. The van der Waals surface area contributed by atoms with E-state index in [0.29, 0.717) is 23.7 Å². The number of morpholine rings is 1. The summed E-state index contributed by atoms with van der Waals surface area (Å²) < 4.78 is 19.7. The first-order chi connectivity index (χ1) is 10.2. The molecule has 1 aliphatic heterocycles. The molecule has 1 saturated heterocycles. The van der Waals surface area contributed by atoms with Crippen LogP contribution in [0.15, 0.2) is 48.5 Å². The van der Waals surface area contributed by atoms with Gasteiger partial charge in [0.1, 0.15) is 5.82 Å². The van der Waals surface area contributed by atoms with Crippen LogP contribution in [0.4, 0.5) is 4.39 Å². The second-order valence-corrected chi connectivity index (χ2v) is 5.62. The van der Waals surface area contributed by atoms with Crippen molar-refractivity contribution in [1.29, 1.82) is 0 Å². The second kappa shape index (κ2) is 6.56. The molecule has 1 atom stereocenters. The Balaban J connectivity index is 1.74. The van der Waals surface area contributed by atoms with Gasteiger partial charge < -0.3 is 4.74 Å². The fourth-order valence-electron chi connectivity index (χ4n) is 2.68. The zero-order valence-corrected chi connectivity index (χ0v) is 12.4. The maximum Gasteiger partial charge on any atom is 0.130 e. The molecule has 0 N–H and O–H groups in total. The van der Waals surface area contributed by atoms with Crippen LogP contribution in [-0.2, 0) is 11.3 Å². The molecule has 0 spiro atoms. The van der Waals surface area contributed by atoms with Gasteiger partial charge in [-0.25, -0.2) is 4.39 Å². The Kier molecular flexibility index (Phi) is 4.54. The predicted octanol–water partition coefficient (Wildman–Crippen LogP) is 4.05. The van der Waals surface area contributed by atoms with E-state index in [1.165, 1.54) is 11.6 Å². The highest BCUT2D eigenvalue weighted by Gasteiger charge is 2.26. The first-order valence-corrected chi connectivity index (χ1v) is 7.43. The molecule has 4 heteroatoms. The van der Waals surface area contributed by atoms with Gasteiger partial charge in [0.05, 0.1) is 12.7 Å². The molecule has 1 heterocycles. The van der Waals surface area contributed by atoms with Gasteiger partial charge in [-0.2, -0.15) is 0 Å². The van der Waals surface area contributed by atoms with Crippen molar-refractivity contribution in [3.8, 4) is 0 Å². The number of hydrogen-bond donors (Lipinski definition) is 0. The number of halogens is 2. The van der Waals surface area contributed by atoms with E-state index in [0.717, 1.165) is 13.1 Å². The van der Waals surface area contributed by atoms with Crippen molar-refractivity contribution in [2.45, 2.75) is 12.6 Å². The van der Waals surface area contributed by atoms with E-state index >= 15 is 0 Å². The summed E-state index contributed by atoms with van der Waals surface area (Å²) in [7, 11) is 0. The highest BCUT2D eigenvalue weighted by Crippen LogP contribution is 2.31. The van der Waals surface area contributed by atoms with Crippen LogP contribution in [0.1, 0.15) is 17.2 Å². The van der Waals surface area contributed by atoms with Gasteiger partial charge in [0.15, 0.2) is 0 Å². The monoisotopic (exact) mass is 305 g/mol. The van der Waals surface area contributed by atoms with E-state index in [2.05, 4.69) is 17.0 Å². The predicted molar refractivity (Wildman–Crippen MR) is 81.8 cm³/mol. The Labute approximate surface area is 129 Å². The SMILES string of the molecule is Fc1cccc(Cl)c1C1CN(Cc2ccccc2)CCO1. The average molecular weight is 306 g/mol. The zero-order valence-electron chi connectivity index (χ0n) is 11.6. The normalized spacial score (nSPS) is 19.6. The molecule has 0 amide bonds. The van der Waals surface area contributed by atoms with Gasteiger partial charge in [0.2, 0.25) is 0 Å². The van der Waals surface area contributed by atoms with Crippen LogP contribution >= 0.6 is 11.6 Å². The molecule has 3 rings (SSSR count). The molecule has 110 valence electrons. The molecule has 0 aliphatic carbocycles. The maximum atomic E-state index is 14.0. The summed E-state index contributed by atoms with van der Waals surface area (Å²) >= 11 is 6.13. The minimum Gasteiger partial charge on any atom is -0.371 e. The highest BCUT2D eigenvalue weighted by atomic mass is 35.5. The maximum absolute atomic E-state index is 14.0. The van der Waals surface area contributed by atoms with Crippen LogP contribution in [0.2, 0.25) is 5.02 Å². The lowest BCUT2D eigenvalue weighted by Gasteiger charge is -2.33. The van der Waals surface area contributed by atoms with Crippen LogP contribution in [0, 0.1) is 5.82 Å². The number of nitrogens with zero attached hydrogens (tertiary/aromatic N) is 1. The number of benzene rings is 2. The van der Waals surface area contributed by atoms with Crippen molar-refractivity contribution in [2.75, 3.05) is 19.7 Å². The lowest BCUT2D eigenvalue weighted by Crippen LogP contribution is -2.38. The lowest BCUT2D eigenvalue weighted by molar-refractivity contribution is -0.0344.